The van der Waals surface area contributed by atoms with Crippen molar-refractivity contribution < 1.29 is 22.6 Å². The van der Waals surface area contributed by atoms with Crippen LogP contribution in [0.15, 0.2) is 78.9 Å². The van der Waals surface area contributed by atoms with Gasteiger partial charge in [0.05, 0.1) is 13.2 Å². The molecule has 28 heavy (non-hydrogen) atoms. The fourth-order valence-corrected chi connectivity index (χ4v) is 2.88. The molecule has 1 unspecified atom stereocenters. The van der Waals surface area contributed by atoms with E-state index in [1.165, 1.54) is 6.07 Å². The number of ether oxygens (including phenoxy) is 2. The van der Waals surface area contributed by atoms with Gasteiger partial charge in [-0.15, -0.1) is 0 Å². The molecular formula is C23H21F3O2. The Morgan fingerprint density at radius 3 is 2.25 bits per heavy atom. The SMILES string of the molecule is Cc1cccc(C(COCc2cccc(Oc3ccccc3)c2)C(F)(F)F)c1. The molecule has 5 heteroatoms. The summed E-state index contributed by atoms with van der Waals surface area (Å²) in [6, 6.07) is 22.9. The van der Waals surface area contributed by atoms with Gasteiger partial charge in [0, 0.05) is 0 Å². The zero-order chi connectivity index (χ0) is 20.0. The second-order valence-electron chi connectivity index (χ2n) is 6.59. The highest BCUT2D eigenvalue weighted by molar-refractivity contribution is 5.33. The standard InChI is InChI=1S/C23H21F3O2/c1-17-7-5-9-19(13-17)22(23(24,25)26)16-27-15-18-8-6-12-21(14-18)28-20-10-3-2-4-11-20/h2-14,22H,15-16H2,1H3. The first-order valence-corrected chi connectivity index (χ1v) is 8.95. The van der Waals surface area contributed by atoms with E-state index in [1.54, 1.807) is 49.4 Å². The molecule has 3 aromatic carbocycles. The molecule has 0 N–H and O–H groups in total. The number of para-hydroxylation sites is 1. The molecule has 3 rings (SSSR count). The molecule has 0 aliphatic heterocycles. The van der Waals surface area contributed by atoms with E-state index in [1.807, 2.05) is 30.3 Å². The Kier molecular flexibility index (Phi) is 6.37. The minimum Gasteiger partial charge on any atom is -0.457 e. The Hall–Kier alpha value is -2.79. The summed E-state index contributed by atoms with van der Waals surface area (Å²) in [6.45, 7) is 1.41. The van der Waals surface area contributed by atoms with Crippen LogP contribution in [0.2, 0.25) is 0 Å². The van der Waals surface area contributed by atoms with Crippen molar-refractivity contribution in [1.29, 1.82) is 0 Å². The van der Waals surface area contributed by atoms with Crippen molar-refractivity contribution in [3.05, 3.63) is 95.6 Å². The van der Waals surface area contributed by atoms with Gasteiger partial charge in [-0.1, -0.05) is 60.2 Å². The first-order valence-electron chi connectivity index (χ1n) is 8.95. The van der Waals surface area contributed by atoms with Gasteiger partial charge in [-0.2, -0.15) is 13.2 Å². The zero-order valence-electron chi connectivity index (χ0n) is 15.4. The van der Waals surface area contributed by atoms with Gasteiger partial charge in [0.1, 0.15) is 17.4 Å². The number of rotatable bonds is 7. The van der Waals surface area contributed by atoms with E-state index in [4.69, 9.17) is 9.47 Å². The highest BCUT2D eigenvalue weighted by Crippen LogP contribution is 2.35. The topological polar surface area (TPSA) is 18.5 Å². The maximum atomic E-state index is 13.5. The molecule has 0 aliphatic carbocycles. The maximum absolute atomic E-state index is 13.5. The molecular weight excluding hydrogens is 365 g/mol. The van der Waals surface area contributed by atoms with Crippen LogP contribution in [0, 0.1) is 6.92 Å². The average Bonchev–Trinajstić information content (AvgIpc) is 2.65. The third-order valence-electron chi connectivity index (χ3n) is 4.27. The van der Waals surface area contributed by atoms with Crippen LogP contribution in [0.5, 0.6) is 11.5 Å². The third kappa shape index (κ3) is 5.60. The van der Waals surface area contributed by atoms with E-state index in [9.17, 15) is 13.2 Å². The number of alkyl halides is 3. The minimum atomic E-state index is -4.37. The van der Waals surface area contributed by atoms with E-state index < -0.39 is 18.7 Å². The van der Waals surface area contributed by atoms with Crippen LogP contribution in [0.25, 0.3) is 0 Å². The molecule has 0 aliphatic rings. The fraction of sp³-hybridized carbons (Fsp3) is 0.217. The Balaban J connectivity index is 1.63. The van der Waals surface area contributed by atoms with E-state index in [-0.39, 0.29) is 12.2 Å². The van der Waals surface area contributed by atoms with E-state index in [0.29, 0.717) is 11.5 Å². The first-order chi connectivity index (χ1) is 13.4. The largest absolute Gasteiger partial charge is 0.457 e. The Labute approximate surface area is 162 Å². The van der Waals surface area contributed by atoms with Crippen LogP contribution in [0.1, 0.15) is 22.6 Å². The van der Waals surface area contributed by atoms with E-state index >= 15 is 0 Å². The molecule has 2 nitrogen and oxygen atoms in total. The molecule has 146 valence electrons. The lowest BCUT2D eigenvalue weighted by Gasteiger charge is -2.21. The normalized spacial score (nSPS) is 12.6. The summed E-state index contributed by atoms with van der Waals surface area (Å²) in [5, 5.41) is 0. The smallest absolute Gasteiger partial charge is 0.397 e. The molecule has 0 radical (unpaired) electrons. The van der Waals surface area contributed by atoms with Gasteiger partial charge in [0.15, 0.2) is 0 Å². The van der Waals surface area contributed by atoms with Gasteiger partial charge >= 0.3 is 6.18 Å². The van der Waals surface area contributed by atoms with Gasteiger partial charge in [0.25, 0.3) is 0 Å². The van der Waals surface area contributed by atoms with Crippen molar-refractivity contribution in [2.45, 2.75) is 25.6 Å². The van der Waals surface area contributed by atoms with Crippen LogP contribution in [-0.4, -0.2) is 12.8 Å². The predicted octanol–water partition coefficient (Wildman–Crippen LogP) is 6.65. The number of aryl methyl sites for hydroxylation is 1. The lowest BCUT2D eigenvalue weighted by atomic mass is 9.98. The maximum Gasteiger partial charge on any atom is 0.397 e. The van der Waals surface area contributed by atoms with Crippen LogP contribution in [0.4, 0.5) is 13.2 Å². The monoisotopic (exact) mass is 386 g/mol. The lowest BCUT2D eigenvalue weighted by Crippen LogP contribution is -2.25. The van der Waals surface area contributed by atoms with Crippen molar-refractivity contribution in [3.8, 4) is 11.5 Å². The molecule has 0 spiro atoms. The number of halogens is 3. The van der Waals surface area contributed by atoms with Crippen molar-refractivity contribution in [1.82, 2.24) is 0 Å². The molecule has 3 aromatic rings. The fourth-order valence-electron chi connectivity index (χ4n) is 2.88. The van der Waals surface area contributed by atoms with Crippen molar-refractivity contribution in [3.63, 3.8) is 0 Å². The molecule has 0 saturated heterocycles. The number of hydrogen-bond donors (Lipinski definition) is 0. The Bertz CT molecular complexity index is 892. The minimum absolute atomic E-state index is 0.0738. The summed E-state index contributed by atoms with van der Waals surface area (Å²) in [5.41, 5.74) is 1.75. The van der Waals surface area contributed by atoms with Crippen molar-refractivity contribution in [2.24, 2.45) is 0 Å². The Morgan fingerprint density at radius 1 is 0.821 bits per heavy atom. The van der Waals surface area contributed by atoms with Crippen LogP contribution in [-0.2, 0) is 11.3 Å². The van der Waals surface area contributed by atoms with Crippen LogP contribution < -0.4 is 4.74 Å². The highest BCUT2D eigenvalue weighted by atomic mass is 19.4. The lowest BCUT2D eigenvalue weighted by molar-refractivity contribution is -0.163. The van der Waals surface area contributed by atoms with Crippen molar-refractivity contribution in [2.75, 3.05) is 6.61 Å². The predicted molar refractivity (Wildman–Crippen MR) is 103 cm³/mol. The quantitative estimate of drug-likeness (QED) is 0.453. The second kappa shape index (κ2) is 8.93. The Morgan fingerprint density at radius 2 is 1.54 bits per heavy atom. The summed E-state index contributed by atoms with van der Waals surface area (Å²) in [7, 11) is 0. The molecule has 0 amide bonds. The molecule has 0 bridgehead atoms. The van der Waals surface area contributed by atoms with Gasteiger partial charge in [-0.25, -0.2) is 0 Å². The van der Waals surface area contributed by atoms with Crippen molar-refractivity contribution >= 4 is 0 Å². The summed E-state index contributed by atoms with van der Waals surface area (Å²) < 4.78 is 51.6. The van der Waals surface area contributed by atoms with Crippen LogP contribution in [0.3, 0.4) is 0 Å². The average molecular weight is 386 g/mol. The van der Waals surface area contributed by atoms with Gasteiger partial charge in [-0.05, 0) is 42.3 Å². The molecule has 0 aromatic heterocycles. The third-order valence-corrected chi connectivity index (χ3v) is 4.27. The second-order valence-corrected chi connectivity index (χ2v) is 6.59. The van der Waals surface area contributed by atoms with Gasteiger partial charge in [0.2, 0.25) is 0 Å². The summed E-state index contributed by atoms with van der Waals surface area (Å²) in [5.74, 6) is -0.355. The summed E-state index contributed by atoms with van der Waals surface area (Å²) in [6.07, 6.45) is -4.37. The van der Waals surface area contributed by atoms with E-state index in [2.05, 4.69) is 0 Å². The first kappa shape index (κ1) is 20.0. The summed E-state index contributed by atoms with van der Waals surface area (Å²) in [4.78, 5) is 0. The van der Waals surface area contributed by atoms with Gasteiger partial charge < -0.3 is 9.47 Å². The molecule has 0 fully saturated rings. The molecule has 1 atom stereocenters. The zero-order valence-corrected chi connectivity index (χ0v) is 15.4. The van der Waals surface area contributed by atoms with Crippen LogP contribution >= 0.6 is 0 Å². The van der Waals surface area contributed by atoms with E-state index in [0.717, 1.165) is 11.1 Å². The number of benzene rings is 3. The molecule has 0 heterocycles. The molecule has 0 saturated carbocycles. The number of hydrogen-bond acceptors (Lipinski definition) is 2. The van der Waals surface area contributed by atoms with Gasteiger partial charge in [-0.3, -0.25) is 0 Å². The summed E-state index contributed by atoms with van der Waals surface area (Å²) >= 11 is 0. The highest BCUT2D eigenvalue weighted by Gasteiger charge is 2.40.